The third kappa shape index (κ3) is 8.97. The molecule has 41 heavy (non-hydrogen) atoms. The molecule has 0 aromatic heterocycles. The lowest BCUT2D eigenvalue weighted by atomic mass is 9.86. The summed E-state index contributed by atoms with van der Waals surface area (Å²) in [6.45, 7) is 11.9. The number of benzene rings is 2. The summed E-state index contributed by atoms with van der Waals surface area (Å²) in [6, 6.07) is 10.5. The average Bonchev–Trinajstić information content (AvgIpc) is 2.86. The number of aromatic hydroxyl groups is 1. The maximum absolute atomic E-state index is 14.6. The van der Waals surface area contributed by atoms with E-state index in [0.29, 0.717) is 6.54 Å². The van der Waals surface area contributed by atoms with Crippen molar-refractivity contribution < 1.29 is 24.2 Å². The predicted octanol–water partition coefficient (Wildman–Crippen LogP) is 5.87. The number of carbonyl (C=O) groups is 3. The molecule has 2 atom stereocenters. The molecule has 3 N–H and O–H groups in total. The third-order valence-corrected chi connectivity index (χ3v) is 7.51. The Bertz CT molecular complexity index is 1160. The van der Waals surface area contributed by atoms with Gasteiger partial charge in [-0.05, 0) is 94.7 Å². The second-order valence-electron chi connectivity index (χ2n) is 12.1. The minimum atomic E-state index is -0.977. The van der Waals surface area contributed by atoms with Crippen molar-refractivity contribution >= 4 is 17.9 Å². The van der Waals surface area contributed by atoms with E-state index in [1.807, 2.05) is 32.0 Å². The molecule has 0 heterocycles. The topological polar surface area (TPSA) is 108 Å². The monoisotopic (exact) mass is 565 g/mol. The molecule has 2 unspecified atom stereocenters. The number of ether oxygens (including phenoxy) is 1. The minimum Gasteiger partial charge on any atom is -0.508 e. The Kier molecular flexibility index (Phi) is 11.2. The van der Waals surface area contributed by atoms with E-state index in [4.69, 9.17) is 4.74 Å². The number of nitrogens with one attached hydrogen (secondary N) is 2. The van der Waals surface area contributed by atoms with Gasteiger partial charge in [-0.15, -0.1) is 0 Å². The Morgan fingerprint density at radius 1 is 1.02 bits per heavy atom. The van der Waals surface area contributed by atoms with Gasteiger partial charge in [0.1, 0.15) is 23.4 Å². The summed E-state index contributed by atoms with van der Waals surface area (Å²) in [7, 11) is 0. The van der Waals surface area contributed by atoms with Crippen LogP contribution in [-0.4, -0.2) is 52.1 Å². The highest BCUT2D eigenvalue weighted by atomic mass is 16.6. The SMILES string of the molecule is CCCCCNC(=O)C(c1c(C)cccc1C)N(C(=O)C(Cc1ccc(O)cc1)NC(=O)OC(C)(C)C)C1CCC1. The second kappa shape index (κ2) is 14.4. The first-order valence-corrected chi connectivity index (χ1v) is 14.8. The lowest BCUT2D eigenvalue weighted by Crippen LogP contribution is -2.58. The normalized spacial score (nSPS) is 14.9. The molecule has 3 amide bonds. The Balaban J connectivity index is 2.05. The predicted molar refractivity (Wildman–Crippen MR) is 161 cm³/mol. The van der Waals surface area contributed by atoms with Crippen molar-refractivity contribution in [2.45, 2.75) is 110 Å². The van der Waals surface area contributed by atoms with Crippen LogP contribution in [0, 0.1) is 13.8 Å². The number of phenols is 1. The van der Waals surface area contributed by atoms with E-state index >= 15 is 0 Å². The molecule has 2 aromatic carbocycles. The molecule has 1 aliphatic rings. The van der Waals surface area contributed by atoms with Gasteiger partial charge in [-0.3, -0.25) is 9.59 Å². The van der Waals surface area contributed by atoms with Crippen molar-refractivity contribution in [2.24, 2.45) is 0 Å². The lowest BCUT2D eigenvalue weighted by Gasteiger charge is -2.44. The van der Waals surface area contributed by atoms with Crippen LogP contribution in [0.15, 0.2) is 42.5 Å². The molecule has 2 aromatic rings. The number of alkyl carbamates (subject to hydrolysis) is 1. The van der Waals surface area contributed by atoms with Crippen molar-refractivity contribution in [3.63, 3.8) is 0 Å². The highest BCUT2D eigenvalue weighted by Gasteiger charge is 2.42. The van der Waals surface area contributed by atoms with Gasteiger partial charge in [-0.2, -0.15) is 0 Å². The molecule has 1 fully saturated rings. The van der Waals surface area contributed by atoms with E-state index in [-0.39, 0.29) is 30.0 Å². The Labute approximate surface area is 244 Å². The summed E-state index contributed by atoms with van der Waals surface area (Å²) in [5.41, 5.74) is 2.71. The van der Waals surface area contributed by atoms with E-state index in [1.54, 1.807) is 49.9 Å². The van der Waals surface area contributed by atoms with E-state index in [2.05, 4.69) is 17.6 Å². The van der Waals surface area contributed by atoms with Gasteiger partial charge >= 0.3 is 6.09 Å². The summed E-state index contributed by atoms with van der Waals surface area (Å²) in [4.78, 5) is 43.3. The quantitative estimate of drug-likeness (QED) is 0.279. The van der Waals surface area contributed by atoms with Crippen molar-refractivity contribution in [1.29, 1.82) is 0 Å². The van der Waals surface area contributed by atoms with Crippen molar-refractivity contribution in [1.82, 2.24) is 15.5 Å². The van der Waals surface area contributed by atoms with Crippen LogP contribution in [0.3, 0.4) is 0 Å². The maximum atomic E-state index is 14.6. The van der Waals surface area contributed by atoms with Crippen LogP contribution >= 0.6 is 0 Å². The van der Waals surface area contributed by atoms with Crippen molar-refractivity contribution in [3.05, 3.63) is 64.7 Å². The number of nitrogens with zero attached hydrogens (tertiary/aromatic N) is 1. The van der Waals surface area contributed by atoms with Crippen LogP contribution in [0.2, 0.25) is 0 Å². The molecule has 224 valence electrons. The lowest BCUT2D eigenvalue weighted by molar-refractivity contribution is -0.147. The molecule has 0 spiro atoms. The molecule has 1 aliphatic carbocycles. The highest BCUT2D eigenvalue weighted by Crippen LogP contribution is 2.36. The smallest absolute Gasteiger partial charge is 0.408 e. The standard InChI is InChI=1S/C33H47N3O5/c1-7-8-9-20-34-30(38)29(28-22(2)12-10-13-23(28)3)36(25-14-11-15-25)31(39)27(35-32(40)41-33(4,5)6)21-24-16-18-26(37)19-17-24/h10,12-13,16-19,25,27,29,37H,7-9,11,14-15,20-21H2,1-6H3,(H,34,38)(H,35,40). The summed E-state index contributed by atoms with van der Waals surface area (Å²) in [6.07, 6.45) is 4.93. The van der Waals surface area contributed by atoms with Crippen molar-refractivity contribution in [2.75, 3.05) is 6.54 Å². The first-order chi connectivity index (χ1) is 19.4. The van der Waals surface area contributed by atoms with Gasteiger partial charge in [0.15, 0.2) is 0 Å². The van der Waals surface area contributed by atoms with Crippen LogP contribution in [0.4, 0.5) is 4.79 Å². The van der Waals surface area contributed by atoms with E-state index < -0.39 is 23.8 Å². The molecule has 0 bridgehead atoms. The first-order valence-electron chi connectivity index (χ1n) is 14.8. The zero-order chi connectivity index (χ0) is 30.2. The van der Waals surface area contributed by atoms with Crippen LogP contribution in [0.1, 0.15) is 94.5 Å². The fourth-order valence-corrected chi connectivity index (χ4v) is 5.22. The highest BCUT2D eigenvalue weighted by molar-refractivity contribution is 5.93. The van der Waals surface area contributed by atoms with Crippen LogP contribution < -0.4 is 10.6 Å². The Morgan fingerprint density at radius 2 is 1.66 bits per heavy atom. The maximum Gasteiger partial charge on any atom is 0.408 e. The molecular formula is C33H47N3O5. The molecule has 8 heteroatoms. The van der Waals surface area contributed by atoms with E-state index in [9.17, 15) is 19.5 Å². The van der Waals surface area contributed by atoms with Gasteiger partial charge < -0.3 is 25.4 Å². The average molecular weight is 566 g/mol. The number of unbranched alkanes of at least 4 members (excludes halogenated alkanes) is 2. The van der Waals surface area contributed by atoms with Gasteiger partial charge in [0.2, 0.25) is 11.8 Å². The summed E-state index contributed by atoms with van der Waals surface area (Å²) >= 11 is 0. The fourth-order valence-electron chi connectivity index (χ4n) is 5.22. The summed E-state index contributed by atoms with van der Waals surface area (Å²) in [5, 5.41) is 15.7. The number of hydrogen-bond donors (Lipinski definition) is 3. The number of aryl methyl sites for hydroxylation is 2. The van der Waals surface area contributed by atoms with Gasteiger partial charge in [-0.1, -0.05) is 50.1 Å². The second-order valence-corrected chi connectivity index (χ2v) is 12.1. The number of hydrogen-bond acceptors (Lipinski definition) is 5. The zero-order valence-electron chi connectivity index (χ0n) is 25.5. The van der Waals surface area contributed by atoms with Crippen LogP contribution in [0.25, 0.3) is 0 Å². The van der Waals surface area contributed by atoms with Crippen LogP contribution in [-0.2, 0) is 20.7 Å². The zero-order valence-corrected chi connectivity index (χ0v) is 25.5. The fraction of sp³-hybridized carbons (Fsp3) is 0.545. The van der Waals surface area contributed by atoms with Crippen LogP contribution in [0.5, 0.6) is 5.75 Å². The molecule has 0 aliphatic heterocycles. The van der Waals surface area contributed by atoms with Gasteiger partial charge in [0.25, 0.3) is 0 Å². The minimum absolute atomic E-state index is 0.114. The number of phenolic OH excluding ortho intramolecular Hbond substituents is 1. The third-order valence-electron chi connectivity index (χ3n) is 7.51. The molecule has 0 radical (unpaired) electrons. The molecule has 8 nitrogen and oxygen atoms in total. The number of carbonyl (C=O) groups excluding carboxylic acids is 3. The first kappa shape index (κ1) is 32.0. The largest absolute Gasteiger partial charge is 0.508 e. The van der Waals surface area contributed by atoms with E-state index in [1.165, 1.54) is 0 Å². The Morgan fingerprint density at radius 3 is 2.20 bits per heavy atom. The molecule has 3 rings (SSSR count). The summed E-state index contributed by atoms with van der Waals surface area (Å²) < 4.78 is 5.52. The number of rotatable bonds is 12. The van der Waals surface area contributed by atoms with Gasteiger partial charge in [0.05, 0.1) is 0 Å². The van der Waals surface area contributed by atoms with E-state index in [0.717, 1.165) is 60.8 Å². The van der Waals surface area contributed by atoms with Crippen molar-refractivity contribution in [3.8, 4) is 5.75 Å². The molecular weight excluding hydrogens is 518 g/mol. The Hall–Kier alpha value is -3.55. The number of amides is 3. The van der Waals surface area contributed by atoms with Gasteiger partial charge in [-0.25, -0.2) is 4.79 Å². The molecule has 0 saturated heterocycles. The molecule has 1 saturated carbocycles. The van der Waals surface area contributed by atoms with Gasteiger partial charge in [0, 0.05) is 19.0 Å². The summed E-state index contributed by atoms with van der Waals surface area (Å²) in [5.74, 6) is -0.424.